The topological polar surface area (TPSA) is 0 Å². The fourth-order valence-corrected chi connectivity index (χ4v) is 29.5. The highest BCUT2D eigenvalue weighted by Crippen LogP contribution is 2.59. The number of nitrogens with zero attached hydrogens (tertiary/aromatic N) is 2. The normalized spacial score (nSPS) is 10.9. The van der Waals surface area contributed by atoms with Crippen molar-refractivity contribution in [3.05, 3.63) is 394 Å². The Labute approximate surface area is 691 Å². The molecule has 12 heteroatoms. The Morgan fingerprint density at radius 1 is 0.192 bits per heavy atom. The molecule has 0 spiro atoms. The van der Waals surface area contributed by atoms with Gasteiger partial charge in [0.05, 0.1) is 61.3 Å². The van der Waals surface area contributed by atoms with Gasteiger partial charge >= 0.3 is 0 Å². The third kappa shape index (κ3) is 23.7. The van der Waals surface area contributed by atoms with Gasteiger partial charge in [-0.25, -0.2) is 0 Å². The highest BCUT2D eigenvalue weighted by atomic mass is 79.9. The number of unbranched alkanes of at least 4 members (excludes halogenated alkanes) is 1. The van der Waals surface area contributed by atoms with Gasteiger partial charge in [-0.1, -0.05) is 244 Å². The number of quaternary nitrogens is 2. The van der Waals surface area contributed by atoms with Gasteiger partial charge in [0.25, 0.3) is 0 Å². The van der Waals surface area contributed by atoms with Gasteiger partial charge in [-0.3, -0.25) is 0 Å². The molecule has 0 radical (unpaired) electrons. The lowest BCUT2D eigenvalue weighted by Gasteiger charge is -2.30. The summed E-state index contributed by atoms with van der Waals surface area (Å²) in [5.41, 5.74) is 0. The highest BCUT2D eigenvalue weighted by Gasteiger charge is 2.49. The van der Waals surface area contributed by atoms with E-state index >= 15 is 0 Å². The van der Waals surface area contributed by atoms with Crippen molar-refractivity contribution in [2.75, 3.05) is 74.4 Å². The van der Waals surface area contributed by atoms with E-state index in [1.54, 1.807) is 0 Å². The molecule has 0 bridgehead atoms. The van der Waals surface area contributed by atoms with Crippen LogP contribution < -0.4 is 171 Å². The van der Waals surface area contributed by atoms with E-state index in [4.69, 9.17) is 0 Å². The standard InChI is InChI=1S/C40H38P2.C24H20P.C19H18P.C8H22N2.CH4.6BrH/c1-7-21-35(22-8-1)41(36-23-9-2-10-24-36,37-25-11-3-12-26-37)33-19-20-34-42(38-27-13-4-14-28-38,39-29-15-5-16-30-39)40-31-17-6-18-32-40;1-5-13-21(14-6-1)25(22-15-7-2-8-16-22,23-17-9-3-10-18-23)24-19-11-4-12-20-24;1-20(17-11-5-2-6-12-17,18-13-7-3-8-14-18)19-15-9-4-10-16-19;1-9(2,3)7-8-10(4,5)6;;;;;;;/h1-18,21-32H,19-20,33-34H2;1-20H;2-16H,1H3;7-8H2,1-6H3;1H4;6*1H/q+2;2*+1;+2;;;;;;;/p-6. The molecular formula is C92H102Br6N2P4. The van der Waals surface area contributed by atoms with Crippen molar-refractivity contribution in [2.45, 2.75) is 20.3 Å². The van der Waals surface area contributed by atoms with Crippen LogP contribution in [-0.2, 0) is 0 Å². The number of halogens is 6. The molecule has 2 nitrogen and oxygen atoms in total. The second kappa shape index (κ2) is 45.9. The van der Waals surface area contributed by atoms with Crippen molar-refractivity contribution in [3.63, 3.8) is 0 Å². The van der Waals surface area contributed by atoms with E-state index in [1.807, 2.05) is 0 Å². The highest BCUT2D eigenvalue weighted by molar-refractivity contribution is 8.01. The Hall–Kier alpha value is -5.62. The summed E-state index contributed by atoms with van der Waals surface area (Å²) in [6.07, 6.45) is 4.65. The van der Waals surface area contributed by atoms with Crippen LogP contribution in [0.1, 0.15) is 20.3 Å². The third-order valence-corrected chi connectivity index (χ3v) is 35.6. The first-order valence-corrected chi connectivity index (χ1v) is 42.1. The zero-order valence-electron chi connectivity index (χ0n) is 60.2. The Morgan fingerprint density at radius 2 is 0.317 bits per heavy atom. The molecule has 13 aromatic rings. The predicted molar refractivity (Wildman–Crippen MR) is 444 cm³/mol. The number of hydrogen-bond acceptors (Lipinski definition) is 0. The second-order valence-electron chi connectivity index (χ2n) is 26.8. The molecule has 0 aliphatic rings. The summed E-state index contributed by atoms with van der Waals surface area (Å²) < 4.78 is 2.13. The fourth-order valence-electron chi connectivity index (χ4n) is 13.2. The zero-order valence-corrected chi connectivity index (χ0v) is 73.3. The number of rotatable bonds is 21. The summed E-state index contributed by atoms with van der Waals surface area (Å²) >= 11 is 0. The van der Waals surface area contributed by atoms with Crippen LogP contribution in [0.5, 0.6) is 0 Å². The summed E-state index contributed by atoms with van der Waals surface area (Å²) in [5, 5.41) is 18.7. The van der Waals surface area contributed by atoms with Crippen molar-refractivity contribution in [1.82, 2.24) is 0 Å². The molecule has 13 rings (SSSR count). The van der Waals surface area contributed by atoms with E-state index in [1.165, 1.54) is 94.9 Å². The van der Waals surface area contributed by atoms with Crippen molar-refractivity contribution in [2.24, 2.45) is 0 Å². The maximum Gasteiger partial charge on any atom is 0.144 e. The summed E-state index contributed by atoms with van der Waals surface area (Å²) in [5.74, 6) is 0. The van der Waals surface area contributed by atoms with Crippen molar-refractivity contribution in [3.8, 4) is 0 Å². The molecule has 13 aromatic carbocycles. The molecule has 0 aliphatic heterocycles. The van der Waals surface area contributed by atoms with Gasteiger partial charge in [-0.15, -0.1) is 0 Å². The second-order valence-corrected chi connectivity index (χ2v) is 41.0. The molecule has 0 atom stereocenters. The molecule has 0 fully saturated rings. The summed E-state index contributed by atoms with van der Waals surface area (Å²) in [4.78, 5) is 0. The first-order chi connectivity index (χ1) is 47.3. The molecule has 0 N–H and O–H groups in total. The maximum absolute atomic E-state index is 2.41. The zero-order chi connectivity index (χ0) is 67.7. The number of benzene rings is 13. The van der Waals surface area contributed by atoms with Crippen LogP contribution in [0.2, 0.25) is 0 Å². The molecule has 0 unspecified atom stereocenters. The van der Waals surface area contributed by atoms with Crippen LogP contribution in [0.15, 0.2) is 394 Å². The molecule has 104 heavy (non-hydrogen) atoms. The first kappa shape index (κ1) is 92.6. The summed E-state index contributed by atoms with van der Waals surface area (Å²) in [7, 11) is 6.28. The molecule has 0 saturated carbocycles. The molecule has 0 amide bonds. The van der Waals surface area contributed by atoms with E-state index in [9.17, 15) is 0 Å². The minimum absolute atomic E-state index is 0. The van der Waals surface area contributed by atoms with Gasteiger partial charge in [-0.2, -0.15) is 0 Å². The Balaban J connectivity index is 0.000000390. The van der Waals surface area contributed by atoms with Crippen LogP contribution >= 0.6 is 29.0 Å². The monoisotopic (exact) mass is 1830 g/mol. The van der Waals surface area contributed by atoms with Crippen LogP contribution in [-0.4, -0.2) is 83.3 Å². The van der Waals surface area contributed by atoms with Gasteiger partial charge in [-0.05, 0) is 171 Å². The lowest BCUT2D eigenvalue weighted by atomic mass is 10.3. The minimum atomic E-state index is -1.91. The van der Waals surface area contributed by atoms with E-state index in [0.29, 0.717) is 0 Å². The average Bonchev–Trinajstić information content (AvgIpc) is 0.747. The van der Waals surface area contributed by atoms with Crippen LogP contribution in [0.4, 0.5) is 0 Å². The van der Waals surface area contributed by atoms with Crippen LogP contribution in [0.25, 0.3) is 0 Å². The molecule has 0 saturated heterocycles. The summed E-state index contributed by atoms with van der Waals surface area (Å²) in [6.45, 7) is 4.89. The smallest absolute Gasteiger partial charge is 0.144 e. The molecule has 0 heterocycles. The van der Waals surface area contributed by atoms with E-state index < -0.39 is 29.0 Å². The minimum Gasteiger partial charge on any atom is -1.00 e. The molecule has 542 valence electrons. The van der Waals surface area contributed by atoms with Crippen LogP contribution in [0.3, 0.4) is 0 Å². The quantitative estimate of drug-likeness (QED) is 0.0480. The van der Waals surface area contributed by atoms with Gasteiger partial charge < -0.3 is 111 Å². The number of likely N-dealkylation sites (N-methyl/N-ethyl adjacent to an activating group) is 2. The fraction of sp³-hybridized carbons (Fsp3) is 0.152. The Bertz CT molecular complexity index is 3740. The Morgan fingerprint density at radius 3 is 0.452 bits per heavy atom. The van der Waals surface area contributed by atoms with Gasteiger partial charge in [0.15, 0.2) is 0 Å². The number of hydrogen-bond donors (Lipinski definition) is 0. The first-order valence-electron chi connectivity index (χ1n) is 34.1. The van der Waals surface area contributed by atoms with Gasteiger partial charge in [0.2, 0.25) is 0 Å². The lowest BCUT2D eigenvalue weighted by molar-refractivity contribution is -0.927. The average molecular weight is 1840 g/mol. The lowest BCUT2D eigenvalue weighted by Crippen LogP contribution is -3.00. The van der Waals surface area contributed by atoms with Crippen molar-refractivity contribution >= 4 is 98.0 Å². The maximum atomic E-state index is 2.41. The third-order valence-electron chi connectivity index (χ3n) is 18.3. The SMILES string of the molecule is C.C[N+](C)(C)CC[N+](C)(C)C.C[P+](c1ccccc1)(c1ccccc1)c1ccccc1.[Br-].[Br-].[Br-].[Br-].[Br-].[Br-].c1ccc([P+](CCCC[P+](c2ccccc2)(c2ccccc2)c2ccccc2)(c2ccccc2)c2ccccc2)cc1.c1ccc([P+](c2ccccc2)(c2ccccc2)c2ccccc2)cc1. The van der Waals surface area contributed by atoms with Gasteiger partial charge in [0.1, 0.15) is 111 Å². The Kier molecular flexibility index (Phi) is 40.9. The largest absolute Gasteiger partial charge is 1.00 e. The van der Waals surface area contributed by atoms with E-state index in [-0.39, 0.29) is 109 Å². The van der Waals surface area contributed by atoms with Crippen molar-refractivity contribution in [1.29, 1.82) is 0 Å². The molecular weight excluding hydrogens is 1740 g/mol. The van der Waals surface area contributed by atoms with E-state index in [0.717, 1.165) is 21.3 Å². The molecule has 0 aliphatic carbocycles. The summed E-state index contributed by atoms with van der Waals surface area (Å²) in [6, 6.07) is 144. The van der Waals surface area contributed by atoms with E-state index in [2.05, 4.69) is 443 Å². The predicted octanol–water partition coefficient (Wildman–Crippen LogP) is -1.27. The molecule has 0 aromatic heterocycles. The van der Waals surface area contributed by atoms with Crippen molar-refractivity contribution < 1.29 is 111 Å². The van der Waals surface area contributed by atoms with Crippen LogP contribution in [0, 0.1) is 0 Å². The van der Waals surface area contributed by atoms with Gasteiger partial charge in [0, 0.05) is 0 Å².